The minimum atomic E-state index is 0.419. The summed E-state index contributed by atoms with van der Waals surface area (Å²) < 4.78 is 5.48. The van der Waals surface area contributed by atoms with E-state index < -0.39 is 0 Å². The van der Waals surface area contributed by atoms with Gasteiger partial charge in [-0.1, -0.05) is 30.3 Å². The van der Waals surface area contributed by atoms with Crippen molar-refractivity contribution in [2.45, 2.75) is 25.7 Å². The third kappa shape index (κ3) is 3.63. The zero-order chi connectivity index (χ0) is 15.4. The molecule has 0 amide bonds. The summed E-state index contributed by atoms with van der Waals surface area (Å²) in [5.41, 5.74) is 2.47. The van der Waals surface area contributed by atoms with Gasteiger partial charge < -0.3 is 9.64 Å². The van der Waals surface area contributed by atoms with Crippen LogP contribution in [0.25, 0.3) is 0 Å². The lowest BCUT2D eigenvalue weighted by atomic mass is 10.0. The number of nitrogens with zero attached hydrogens (tertiary/aromatic N) is 3. The predicted octanol–water partition coefficient (Wildman–Crippen LogP) is 2.97. The molecule has 116 valence electrons. The summed E-state index contributed by atoms with van der Waals surface area (Å²) in [4.78, 5) is 11.4. The van der Waals surface area contributed by atoms with Gasteiger partial charge in [0, 0.05) is 32.2 Å². The lowest BCUT2D eigenvalue weighted by molar-refractivity contribution is 0.193. The van der Waals surface area contributed by atoms with Crippen molar-refractivity contribution < 1.29 is 4.74 Å². The first-order valence-electron chi connectivity index (χ1n) is 7.91. The number of likely N-dealkylation sites (N-methyl/N-ethyl adjacent to an activating group) is 1. The van der Waals surface area contributed by atoms with Gasteiger partial charge in [0.2, 0.25) is 0 Å². The summed E-state index contributed by atoms with van der Waals surface area (Å²) >= 11 is 0. The summed E-state index contributed by atoms with van der Waals surface area (Å²) in [6, 6.07) is 12.7. The molecule has 0 aliphatic carbocycles. The highest BCUT2D eigenvalue weighted by molar-refractivity contribution is 5.40. The molecule has 1 aromatic carbocycles. The molecule has 1 saturated heterocycles. The Kier molecular flexibility index (Phi) is 4.68. The molecule has 2 aromatic rings. The highest BCUT2D eigenvalue weighted by Crippen LogP contribution is 2.25. The molecule has 1 aliphatic heterocycles. The lowest BCUT2D eigenvalue weighted by Crippen LogP contribution is -2.22. The van der Waals surface area contributed by atoms with Gasteiger partial charge in [-0.05, 0) is 25.3 Å². The number of anilines is 1. The molecular weight excluding hydrogens is 274 g/mol. The highest BCUT2D eigenvalue weighted by atomic mass is 16.5. The quantitative estimate of drug-likeness (QED) is 0.850. The average molecular weight is 297 g/mol. The van der Waals surface area contributed by atoms with Gasteiger partial charge >= 0.3 is 0 Å². The summed E-state index contributed by atoms with van der Waals surface area (Å²) in [5.74, 6) is 2.26. The van der Waals surface area contributed by atoms with Crippen LogP contribution in [0.2, 0.25) is 0 Å². The van der Waals surface area contributed by atoms with Crippen molar-refractivity contribution >= 4 is 5.82 Å². The van der Waals surface area contributed by atoms with Gasteiger partial charge in [0.1, 0.15) is 11.6 Å². The first-order valence-corrected chi connectivity index (χ1v) is 7.91. The topological polar surface area (TPSA) is 38.2 Å². The average Bonchev–Trinajstić information content (AvgIpc) is 3.07. The van der Waals surface area contributed by atoms with E-state index in [1.54, 1.807) is 0 Å². The maximum atomic E-state index is 5.48. The molecule has 1 aromatic heterocycles. The molecule has 1 fully saturated rings. The standard InChI is InChI=1S/C18H23N3O/c1-14-19-17(16-9-11-22-13-16)12-18(20-14)21(2)10-8-15-6-4-3-5-7-15/h3-7,12,16H,8-11,13H2,1-2H3. The minimum absolute atomic E-state index is 0.419. The van der Waals surface area contributed by atoms with Crippen molar-refractivity contribution in [1.29, 1.82) is 0 Å². The zero-order valence-electron chi connectivity index (χ0n) is 13.3. The van der Waals surface area contributed by atoms with Crippen LogP contribution < -0.4 is 4.90 Å². The number of aryl methyl sites for hydroxylation is 1. The maximum Gasteiger partial charge on any atom is 0.132 e. The van der Waals surface area contributed by atoms with Crippen LogP contribution in [-0.4, -0.2) is 36.8 Å². The monoisotopic (exact) mass is 297 g/mol. The van der Waals surface area contributed by atoms with Crippen LogP contribution in [-0.2, 0) is 11.2 Å². The smallest absolute Gasteiger partial charge is 0.132 e. The van der Waals surface area contributed by atoms with Crippen molar-refractivity contribution in [2.75, 3.05) is 31.7 Å². The molecule has 2 heterocycles. The van der Waals surface area contributed by atoms with Crippen molar-refractivity contribution in [3.05, 3.63) is 53.5 Å². The van der Waals surface area contributed by atoms with Gasteiger partial charge in [-0.3, -0.25) is 0 Å². The highest BCUT2D eigenvalue weighted by Gasteiger charge is 2.20. The van der Waals surface area contributed by atoms with Gasteiger partial charge in [0.25, 0.3) is 0 Å². The molecule has 0 saturated carbocycles. The molecule has 0 bridgehead atoms. The Morgan fingerprint density at radius 3 is 2.77 bits per heavy atom. The molecule has 0 spiro atoms. The van der Waals surface area contributed by atoms with Crippen molar-refractivity contribution in [3.63, 3.8) is 0 Å². The second-order valence-corrected chi connectivity index (χ2v) is 5.92. The molecule has 4 heteroatoms. The fraction of sp³-hybridized carbons (Fsp3) is 0.444. The Balaban J connectivity index is 1.70. The third-order valence-corrected chi connectivity index (χ3v) is 4.16. The Morgan fingerprint density at radius 2 is 2.05 bits per heavy atom. The lowest BCUT2D eigenvalue weighted by Gasteiger charge is -2.20. The van der Waals surface area contributed by atoms with E-state index in [1.807, 2.05) is 6.92 Å². The summed E-state index contributed by atoms with van der Waals surface area (Å²) in [6.07, 6.45) is 2.08. The first-order chi connectivity index (χ1) is 10.7. The van der Waals surface area contributed by atoms with E-state index in [1.165, 1.54) is 5.56 Å². The summed E-state index contributed by atoms with van der Waals surface area (Å²) in [6.45, 7) is 4.53. The number of aromatic nitrogens is 2. The fourth-order valence-corrected chi connectivity index (χ4v) is 2.80. The predicted molar refractivity (Wildman–Crippen MR) is 88.4 cm³/mol. The number of hydrogen-bond donors (Lipinski definition) is 0. The molecule has 1 unspecified atom stereocenters. The maximum absolute atomic E-state index is 5.48. The van der Waals surface area contributed by atoms with Crippen LogP contribution in [0.15, 0.2) is 36.4 Å². The van der Waals surface area contributed by atoms with Gasteiger partial charge in [-0.15, -0.1) is 0 Å². The van der Waals surface area contributed by atoms with Crippen molar-refractivity contribution in [1.82, 2.24) is 9.97 Å². The zero-order valence-corrected chi connectivity index (χ0v) is 13.3. The Labute approximate surface area is 132 Å². The SMILES string of the molecule is Cc1nc(C2CCOC2)cc(N(C)CCc2ccccc2)n1. The molecule has 1 aliphatic rings. The molecule has 3 rings (SSSR count). The van der Waals surface area contributed by atoms with Crippen LogP contribution in [0, 0.1) is 6.92 Å². The second kappa shape index (κ2) is 6.88. The van der Waals surface area contributed by atoms with E-state index in [0.717, 1.165) is 49.9 Å². The van der Waals surface area contributed by atoms with Gasteiger partial charge in [0.15, 0.2) is 0 Å². The van der Waals surface area contributed by atoms with E-state index in [4.69, 9.17) is 4.74 Å². The number of ether oxygens (including phenoxy) is 1. The molecule has 22 heavy (non-hydrogen) atoms. The van der Waals surface area contributed by atoms with Gasteiger partial charge in [-0.25, -0.2) is 9.97 Å². The molecule has 1 atom stereocenters. The number of benzene rings is 1. The van der Waals surface area contributed by atoms with Crippen LogP contribution in [0.5, 0.6) is 0 Å². The van der Waals surface area contributed by atoms with E-state index in [9.17, 15) is 0 Å². The Hall–Kier alpha value is -1.94. The largest absolute Gasteiger partial charge is 0.381 e. The minimum Gasteiger partial charge on any atom is -0.381 e. The molecular formula is C18H23N3O. The third-order valence-electron chi connectivity index (χ3n) is 4.16. The van der Waals surface area contributed by atoms with E-state index in [-0.39, 0.29) is 0 Å². The fourth-order valence-electron chi connectivity index (χ4n) is 2.80. The number of hydrogen-bond acceptors (Lipinski definition) is 4. The van der Waals surface area contributed by atoms with Gasteiger partial charge in [-0.2, -0.15) is 0 Å². The normalized spacial score (nSPS) is 17.6. The molecule has 4 nitrogen and oxygen atoms in total. The van der Waals surface area contributed by atoms with Crippen LogP contribution >= 0.6 is 0 Å². The second-order valence-electron chi connectivity index (χ2n) is 5.92. The Bertz CT molecular complexity index is 609. The molecule has 0 radical (unpaired) electrons. The van der Waals surface area contributed by atoms with Crippen molar-refractivity contribution in [3.8, 4) is 0 Å². The van der Waals surface area contributed by atoms with Crippen LogP contribution in [0.1, 0.15) is 29.4 Å². The summed E-state index contributed by atoms with van der Waals surface area (Å²) in [5, 5.41) is 0. The Morgan fingerprint density at radius 1 is 1.23 bits per heavy atom. The van der Waals surface area contributed by atoms with E-state index in [2.05, 4.69) is 58.3 Å². The molecule has 0 N–H and O–H groups in total. The number of rotatable bonds is 5. The van der Waals surface area contributed by atoms with Gasteiger partial charge in [0.05, 0.1) is 12.3 Å². The van der Waals surface area contributed by atoms with E-state index in [0.29, 0.717) is 5.92 Å². The summed E-state index contributed by atoms with van der Waals surface area (Å²) in [7, 11) is 2.10. The van der Waals surface area contributed by atoms with E-state index >= 15 is 0 Å². The van der Waals surface area contributed by atoms with Crippen LogP contribution in [0.3, 0.4) is 0 Å². The van der Waals surface area contributed by atoms with Crippen molar-refractivity contribution in [2.24, 2.45) is 0 Å². The van der Waals surface area contributed by atoms with Crippen LogP contribution in [0.4, 0.5) is 5.82 Å². The first kappa shape index (κ1) is 15.0.